The first-order valence-corrected chi connectivity index (χ1v) is 12.2. The van der Waals surface area contributed by atoms with Crippen molar-refractivity contribution < 1.29 is 44.0 Å². The quantitative estimate of drug-likeness (QED) is 0.305. The Balaban J connectivity index is 2.22. The van der Waals surface area contributed by atoms with E-state index in [2.05, 4.69) is 10.2 Å². The average molecular weight is 488 g/mol. The van der Waals surface area contributed by atoms with Gasteiger partial charge >= 0.3 is 0 Å². The molecule has 0 bridgehead atoms. The summed E-state index contributed by atoms with van der Waals surface area (Å²) in [4.78, 5) is -2.58. The monoisotopic (exact) mass is 488 g/mol. The number of fused-ring (bicyclic) bond motifs is 1. The molecule has 3 rings (SSSR count). The second-order valence-electron chi connectivity index (χ2n) is 6.04. The number of phenols is 1. The highest BCUT2D eigenvalue weighted by atomic mass is 32.2. The number of hydrogen-bond acceptors (Lipinski definition) is 9. The van der Waals surface area contributed by atoms with Crippen molar-refractivity contribution in [1.82, 2.24) is 0 Å². The number of benzene rings is 3. The van der Waals surface area contributed by atoms with Crippen LogP contribution in [0.4, 0.5) is 11.4 Å². The minimum absolute atomic E-state index is 0.0911. The minimum Gasteiger partial charge on any atom is -0.506 e. The molecule has 31 heavy (non-hydrogen) atoms. The van der Waals surface area contributed by atoms with Gasteiger partial charge in [-0.2, -0.15) is 30.4 Å². The molecule has 0 atom stereocenters. The van der Waals surface area contributed by atoms with E-state index in [9.17, 15) is 39.5 Å². The lowest BCUT2D eigenvalue weighted by atomic mass is 10.1. The Labute approximate surface area is 175 Å². The highest BCUT2D eigenvalue weighted by molar-refractivity contribution is 7.89. The van der Waals surface area contributed by atoms with Crippen molar-refractivity contribution in [2.24, 2.45) is 10.2 Å². The maximum absolute atomic E-state index is 11.8. The molecule has 0 aliphatic heterocycles. The van der Waals surface area contributed by atoms with Gasteiger partial charge in [0.05, 0.1) is 10.6 Å². The molecule has 164 valence electrons. The first-order valence-electron chi connectivity index (χ1n) is 7.92. The number of phenolic OH excluding ortho intramolecular Hbond substituents is 1. The Kier molecular flexibility index (Phi) is 5.59. The highest BCUT2D eigenvalue weighted by Crippen LogP contribution is 2.40. The van der Waals surface area contributed by atoms with Crippen LogP contribution >= 0.6 is 0 Å². The van der Waals surface area contributed by atoms with E-state index in [1.54, 1.807) is 0 Å². The van der Waals surface area contributed by atoms with Crippen molar-refractivity contribution in [1.29, 1.82) is 0 Å². The summed E-state index contributed by atoms with van der Waals surface area (Å²) in [6.45, 7) is 0. The van der Waals surface area contributed by atoms with Gasteiger partial charge in [-0.15, -0.1) is 5.11 Å². The molecule has 0 aliphatic carbocycles. The summed E-state index contributed by atoms with van der Waals surface area (Å²) in [5.74, 6) is -0.480. The van der Waals surface area contributed by atoms with E-state index in [1.165, 1.54) is 12.1 Å². The smallest absolute Gasteiger partial charge is 0.296 e. The zero-order valence-corrected chi connectivity index (χ0v) is 17.4. The zero-order valence-electron chi connectivity index (χ0n) is 15.0. The number of azo groups is 1. The van der Waals surface area contributed by atoms with E-state index in [0.717, 1.165) is 30.3 Å². The summed E-state index contributed by atoms with van der Waals surface area (Å²) in [5.41, 5.74) is -0.212. The van der Waals surface area contributed by atoms with Crippen molar-refractivity contribution in [2.75, 3.05) is 0 Å². The second kappa shape index (κ2) is 7.63. The molecule has 0 heterocycles. The van der Waals surface area contributed by atoms with Gasteiger partial charge < -0.3 is 5.11 Å². The largest absolute Gasteiger partial charge is 0.506 e. The van der Waals surface area contributed by atoms with Crippen LogP contribution in [0.5, 0.6) is 5.75 Å². The zero-order chi connectivity index (χ0) is 23.2. The predicted molar refractivity (Wildman–Crippen MR) is 106 cm³/mol. The predicted octanol–water partition coefficient (Wildman–Crippen LogP) is 2.70. The summed E-state index contributed by atoms with van der Waals surface area (Å²) in [7, 11) is -14.6. The molecule has 3 aromatic rings. The summed E-state index contributed by atoms with van der Waals surface area (Å²) in [6, 6.07) is 8.19. The maximum atomic E-state index is 11.8. The fraction of sp³-hybridized carbons (Fsp3) is 0. The molecule has 0 aromatic heterocycles. The van der Waals surface area contributed by atoms with Crippen LogP contribution in [-0.4, -0.2) is 44.0 Å². The molecule has 0 saturated heterocycles. The van der Waals surface area contributed by atoms with Crippen LogP contribution in [0.15, 0.2) is 73.4 Å². The first-order chi connectivity index (χ1) is 14.2. The van der Waals surface area contributed by atoms with Crippen LogP contribution in [0.25, 0.3) is 10.8 Å². The van der Waals surface area contributed by atoms with Gasteiger partial charge in [-0.25, -0.2) is 0 Å². The average Bonchev–Trinajstić information content (AvgIpc) is 2.64. The van der Waals surface area contributed by atoms with E-state index in [4.69, 9.17) is 4.55 Å². The molecule has 0 unspecified atom stereocenters. The number of nitrogens with zero attached hydrogens (tertiary/aromatic N) is 2. The lowest BCUT2D eigenvalue weighted by molar-refractivity contribution is 0.467. The van der Waals surface area contributed by atoms with Gasteiger partial charge in [0.25, 0.3) is 30.4 Å². The highest BCUT2D eigenvalue weighted by Gasteiger charge is 2.27. The molecule has 0 fully saturated rings. The molecule has 4 N–H and O–H groups in total. The third kappa shape index (κ3) is 4.71. The lowest BCUT2D eigenvalue weighted by Crippen LogP contribution is -2.09. The molecule has 15 heteroatoms. The topological polar surface area (TPSA) is 208 Å². The first kappa shape index (κ1) is 22.7. The normalized spacial score (nSPS) is 13.1. The molecule has 0 saturated carbocycles. The summed E-state index contributed by atoms with van der Waals surface area (Å²) in [5, 5.41) is 17.2. The Hall–Kier alpha value is -2.95. The Morgan fingerprint density at radius 1 is 0.613 bits per heavy atom. The maximum Gasteiger partial charge on any atom is 0.296 e. The molecule has 0 aliphatic rings. The van der Waals surface area contributed by atoms with E-state index >= 15 is 0 Å². The third-order valence-electron chi connectivity index (χ3n) is 4.00. The van der Waals surface area contributed by atoms with Gasteiger partial charge in [0.15, 0.2) is 0 Å². The summed E-state index contributed by atoms with van der Waals surface area (Å²) in [6.07, 6.45) is 0. The van der Waals surface area contributed by atoms with E-state index in [0.29, 0.717) is 6.07 Å². The molecule has 0 spiro atoms. The van der Waals surface area contributed by atoms with Crippen LogP contribution in [-0.2, 0) is 30.4 Å². The van der Waals surface area contributed by atoms with Gasteiger partial charge in [0.2, 0.25) is 0 Å². The molecule has 0 radical (unpaired) electrons. The van der Waals surface area contributed by atoms with E-state index in [-0.39, 0.29) is 22.1 Å². The van der Waals surface area contributed by atoms with E-state index in [1.807, 2.05) is 0 Å². The van der Waals surface area contributed by atoms with Crippen LogP contribution in [0.1, 0.15) is 0 Å². The van der Waals surface area contributed by atoms with Crippen molar-refractivity contribution in [3.05, 3.63) is 48.5 Å². The summed E-state index contributed by atoms with van der Waals surface area (Å²) >= 11 is 0. The van der Waals surface area contributed by atoms with Gasteiger partial charge in [-0.1, -0.05) is 6.07 Å². The molecular weight excluding hydrogens is 476 g/mol. The van der Waals surface area contributed by atoms with Crippen molar-refractivity contribution in [3.63, 3.8) is 0 Å². The van der Waals surface area contributed by atoms with Crippen molar-refractivity contribution in [2.45, 2.75) is 14.7 Å². The molecule has 3 aromatic carbocycles. The van der Waals surface area contributed by atoms with Crippen LogP contribution < -0.4 is 0 Å². The fourth-order valence-electron chi connectivity index (χ4n) is 2.70. The Bertz CT molecular complexity index is 1540. The lowest BCUT2D eigenvalue weighted by Gasteiger charge is -2.11. The minimum atomic E-state index is -5.13. The van der Waals surface area contributed by atoms with Gasteiger partial charge in [-0.05, 0) is 42.5 Å². The number of hydrogen-bond donors (Lipinski definition) is 4. The van der Waals surface area contributed by atoms with Gasteiger partial charge in [-0.3, -0.25) is 13.7 Å². The third-order valence-corrected chi connectivity index (χ3v) is 6.85. The second-order valence-corrected chi connectivity index (χ2v) is 10.2. The number of aromatic hydroxyl groups is 1. The van der Waals surface area contributed by atoms with Crippen molar-refractivity contribution >= 4 is 52.5 Å². The van der Waals surface area contributed by atoms with Gasteiger partial charge in [0.1, 0.15) is 21.2 Å². The molecule has 0 amide bonds. The fourth-order valence-corrected chi connectivity index (χ4v) is 5.17. The Morgan fingerprint density at radius 2 is 1.19 bits per heavy atom. The Morgan fingerprint density at radius 3 is 1.71 bits per heavy atom. The summed E-state index contributed by atoms with van der Waals surface area (Å²) < 4.78 is 96.6. The van der Waals surface area contributed by atoms with Crippen LogP contribution in [0, 0.1) is 0 Å². The van der Waals surface area contributed by atoms with Crippen molar-refractivity contribution in [3.8, 4) is 5.75 Å². The van der Waals surface area contributed by atoms with Gasteiger partial charge in [0, 0.05) is 10.8 Å². The van der Waals surface area contributed by atoms with Crippen LogP contribution in [0.2, 0.25) is 0 Å². The van der Waals surface area contributed by atoms with E-state index < -0.39 is 50.8 Å². The molecular formula is C16H12N2O10S3. The number of rotatable bonds is 5. The SMILES string of the molecule is O=S(=O)(O)c1ccc(N=Nc2c(O)ccc3c(S(=O)(=O)O)c(S(=O)(=O)O)ccc23)cc1. The van der Waals surface area contributed by atoms with Crippen LogP contribution in [0.3, 0.4) is 0 Å². The molecule has 12 nitrogen and oxygen atoms in total. The standard InChI is InChI=1S/C16H12N2O10S3/c19-13-7-5-12-11(6-8-14(30(23,24)25)16(12)31(26,27)28)15(13)18-17-9-1-3-10(4-2-9)29(20,21)22/h1-8,19H,(H,20,21,22)(H,23,24,25)(H,26,27,28).